The van der Waals surface area contributed by atoms with Crippen LogP contribution in [0, 0.1) is 0 Å². The number of aromatic hydroxyl groups is 1. The van der Waals surface area contributed by atoms with Crippen molar-refractivity contribution in [1.82, 2.24) is 4.72 Å². The largest absolute Gasteiger partial charge is 0.508 e. The van der Waals surface area contributed by atoms with E-state index in [1.54, 1.807) is 12.1 Å². The van der Waals surface area contributed by atoms with Crippen LogP contribution in [0.1, 0.15) is 0 Å². The van der Waals surface area contributed by atoms with Crippen LogP contribution in [0.2, 0.25) is 0 Å². The Bertz CT molecular complexity index is 1010. The lowest BCUT2D eigenvalue weighted by Crippen LogP contribution is -2.34. The molecule has 0 aromatic heterocycles. The molecule has 3 rings (SSSR count). The maximum Gasteiger partial charge on any atom is 0.271 e. The van der Waals surface area contributed by atoms with Gasteiger partial charge in [0.2, 0.25) is 0 Å². The summed E-state index contributed by atoms with van der Waals surface area (Å²) < 4.78 is 31.6. The number of ether oxygens (including phenoxy) is 1. The van der Waals surface area contributed by atoms with Crippen molar-refractivity contribution >= 4 is 26.7 Å². The third kappa shape index (κ3) is 3.89. The summed E-state index contributed by atoms with van der Waals surface area (Å²) in [6.45, 7) is -0.439. The summed E-state index contributed by atoms with van der Waals surface area (Å²) in [7, 11) is -4.01. The summed E-state index contributed by atoms with van der Waals surface area (Å²) in [6, 6.07) is 17.8. The first kappa shape index (κ1) is 16.8. The Labute approximate surface area is 144 Å². The van der Waals surface area contributed by atoms with E-state index >= 15 is 0 Å². The van der Waals surface area contributed by atoms with Gasteiger partial charge in [0, 0.05) is 5.39 Å². The molecule has 0 radical (unpaired) electrons. The Hall–Kier alpha value is -3.06. The van der Waals surface area contributed by atoms with Crippen molar-refractivity contribution in [2.75, 3.05) is 6.61 Å². The van der Waals surface area contributed by atoms with Crippen LogP contribution in [0.5, 0.6) is 11.5 Å². The minimum Gasteiger partial charge on any atom is -0.508 e. The van der Waals surface area contributed by atoms with E-state index < -0.39 is 22.5 Å². The van der Waals surface area contributed by atoms with E-state index in [0.29, 0.717) is 5.75 Å². The zero-order valence-electron chi connectivity index (χ0n) is 13.0. The molecule has 0 aliphatic carbocycles. The van der Waals surface area contributed by atoms with Crippen LogP contribution in [-0.2, 0) is 14.8 Å². The third-order valence-corrected chi connectivity index (χ3v) is 4.89. The molecule has 0 bridgehead atoms. The average molecular weight is 357 g/mol. The molecule has 7 heteroatoms. The van der Waals surface area contributed by atoms with Crippen molar-refractivity contribution in [2.24, 2.45) is 0 Å². The average Bonchev–Trinajstić information content (AvgIpc) is 2.60. The summed E-state index contributed by atoms with van der Waals surface area (Å²) in [6.07, 6.45) is 0. The minimum absolute atomic E-state index is 0.0652. The van der Waals surface area contributed by atoms with E-state index in [0.717, 1.165) is 10.8 Å². The molecule has 0 aliphatic rings. The Morgan fingerprint density at radius 3 is 2.40 bits per heavy atom. The molecular formula is C18H15NO5S. The second-order valence-electron chi connectivity index (χ2n) is 5.29. The van der Waals surface area contributed by atoms with E-state index in [4.69, 9.17) is 4.74 Å². The normalized spacial score (nSPS) is 11.2. The first-order valence-electron chi connectivity index (χ1n) is 7.41. The molecular weight excluding hydrogens is 342 g/mol. The quantitative estimate of drug-likeness (QED) is 0.732. The molecule has 25 heavy (non-hydrogen) atoms. The molecule has 0 spiro atoms. The minimum atomic E-state index is -4.01. The summed E-state index contributed by atoms with van der Waals surface area (Å²) in [5.74, 6) is -0.360. The van der Waals surface area contributed by atoms with Gasteiger partial charge in [0.25, 0.3) is 15.9 Å². The molecule has 1 amide bonds. The van der Waals surface area contributed by atoms with Crippen LogP contribution in [-0.4, -0.2) is 26.0 Å². The number of benzene rings is 3. The summed E-state index contributed by atoms with van der Waals surface area (Å²) in [4.78, 5) is 11.8. The molecule has 0 atom stereocenters. The maximum atomic E-state index is 12.1. The number of phenols is 1. The predicted molar refractivity (Wildman–Crippen MR) is 92.9 cm³/mol. The second kappa shape index (κ2) is 6.82. The van der Waals surface area contributed by atoms with Crippen molar-refractivity contribution in [2.45, 2.75) is 4.90 Å². The van der Waals surface area contributed by atoms with Gasteiger partial charge in [-0.25, -0.2) is 13.1 Å². The van der Waals surface area contributed by atoms with Crippen LogP contribution in [0.25, 0.3) is 10.8 Å². The number of hydrogen-bond acceptors (Lipinski definition) is 5. The molecule has 3 aromatic rings. The van der Waals surface area contributed by atoms with Gasteiger partial charge in [-0.2, -0.15) is 0 Å². The second-order valence-corrected chi connectivity index (χ2v) is 6.97. The van der Waals surface area contributed by atoms with Crippen molar-refractivity contribution < 1.29 is 23.1 Å². The fourth-order valence-electron chi connectivity index (χ4n) is 2.33. The van der Waals surface area contributed by atoms with E-state index in [-0.39, 0.29) is 10.6 Å². The van der Waals surface area contributed by atoms with Crippen LogP contribution in [0.4, 0.5) is 0 Å². The van der Waals surface area contributed by atoms with E-state index in [2.05, 4.69) is 0 Å². The smallest absolute Gasteiger partial charge is 0.271 e. The Balaban J connectivity index is 1.69. The zero-order chi connectivity index (χ0) is 17.9. The van der Waals surface area contributed by atoms with Gasteiger partial charge < -0.3 is 9.84 Å². The highest BCUT2D eigenvalue weighted by molar-refractivity contribution is 7.90. The van der Waals surface area contributed by atoms with E-state index in [1.165, 1.54) is 24.3 Å². The van der Waals surface area contributed by atoms with Crippen molar-refractivity contribution in [1.29, 1.82) is 0 Å². The number of fused-ring (bicyclic) bond motifs is 1. The number of amides is 1. The van der Waals surface area contributed by atoms with Crippen molar-refractivity contribution in [3.63, 3.8) is 0 Å². The molecule has 3 aromatic carbocycles. The maximum absolute atomic E-state index is 12.1. The highest BCUT2D eigenvalue weighted by Gasteiger charge is 2.18. The van der Waals surface area contributed by atoms with Gasteiger partial charge in [-0.3, -0.25) is 4.79 Å². The topological polar surface area (TPSA) is 92.7 Å². The van der Waals surface area contributed by atoms with Gasteiger partial charge in [-0.1, -0.05) is 36.4 Å². The summed E-state index contributed by atoms with van der Waals surface area (Å²) in [5, 5.41) is 11.0. The molecule has 0 aliphatic heterocycles. The first-order valence-corrected chi connectivity index (χ1v) is 8.89. The highest BCUT2D eigenvalue weighted by atomic mass is 32.2. The fourth-order valence-corrected chi connectivity index (χ4v) is 3.30. The monoisotopic (exact) mass is 357 g/mol. The Morgan fingerprint density at radius 2 is 1.64 bits per heavy atom. The third-order valence-electron chi connectivity index (χ3n) is 3.50. The Kier molecular flexibility index (Phi) is 4.58. The molecule has 2 N–H and O–H groups in total. The SMILES string of the molecule is O=C(COc1cccc2ccccc12)NS(=O)(=O)c1ccc(O)cc1. The molecule has 6 nitrogen and oxygen atoms in total. The number of carbonyl (C=O) groups excluding carboxylic acids is 1. The van der Waals surface area contributed by atoms with Crippen LogP contribution < -0.4 is 9.46 Å². The molecule has 0 heterocycles. The van der Waals surface area contributed by atoms with Crippen molar-refractivity contribution in [3.05, 3.63) is 66.7 Å². The van der Waals surface area contributed by atoms with Crippen LogP contribution in [0.15, 0.2) is 71.6 Å². The molecule has 0 unspecified atom stereocenters. The van der Waals surface area contributed by atoms with Gasteiger partial charge in [-0.15, -0.1) is 0 Å². The number of hydrogen-bond donors (Lipinski definition) is 2. The lowest BCUT2D eigenvalue weighted by Gasteiger charge is -2.10. The van der Waals surface area contributed by atoms with Gasteiger partial charge in [0.05, 0.1) is 4.90 Å². The Morgan fingerprint density at radius 1 is 0.960 bits per heavy atom. The lowest BCUT2D eigenvalue weighted by atomic mass is 10.1. The zero-order valence-corrected chi connectivity index (χ0v) is 13.9. The van der Waals surface area contributed by atoms with Gasteiger partial charge in [0.15, 0.2) is 6.61 Å². The predicted octanol–water partition coefficient (Wildman–Crippen LogP) is 2.43. The van der Waals surface area contributed by atoms with Crippen LogP contribution >= 0.6 is 0 Å². The van der Waals surface area contributed by atoms with Gasteiger partial charge >= 0.3 is 0 Å². The van der Waals surface area contributed by atoms with E-state index in [1.807, 2.05) is 35.1 Å². The lowest BCUT2D eigenvalue weighted by molar-refractivity contribution is -0.121. The first-order chi connectivity index (χ1) is 12.0. The summed E-state index contributed by atoms with van der Waals surface area (Å²) >= 11 is 0. The molecule has 0 saturated carbocycles. The fraction of sp³-hybridized carbons (Fsp3) is 0.0556. The number of phenolic OH excluding ortho intramolecular Hbond substituents is 1. The molecule has 128 valence electrons. The number of rotatable bonds is 5. The van der Waals surface area contributed by atoms with E-state index in [9.17, 15) is 18.3 Å². The number of carbonyl (C=O) groups is 1. The van der Waals surface area contributed by atoms with Gasteiger partial charge in [0.1, 0.15) is 11.5 Å². The van der Waals surface area contributed by atoms with Gasteiger partial charge in [-0.05, 0) is 35.7 Å². The number of sulfonamides is 1. The molecule has 0 fully saturated rings. The number of nitrogens with one attached hydrogen (secondary N) is 1. The van der Waals surface area contributed by atoms with Crippen LogP contribution in [0.3, 0.4) is 0 Å². The standard InChI is InChI=1S/C18H15NO5S/c20-14-8-10-15(11-9-14)25(22,23)19-18(21)12-24-17-7-3-5-13-4-1-2-6-16(13)17/h1-11,20H,12H2,(H,19,21). The summed E-state index contributed by atoms with van der Waals surface area (Å²) in [5.41, 5.74) is 0. The highest BCUT2D eigenvalue weighted by Crippen LogP contribution is 2.25. The van der Waals surface area contributed by atoms with Crippen molar-refractivity contribution in [3.8, 4) is 11.5 Å². The molecule has 0 saturated heterocycles.